The van der Waals surface area contributed by atoms with Gasteiger partial charge in [-0.2, -0.15) is 35.3 Å². The topological polar surface area (TPSA) is 217 Å². The first-order valence-electron chi connectivity index (χ1n) is 42.5. The average Bonchev–Trinajstić information content (AvgIpc) is 0.843. The van der Waals surface area contributed by atoms with Gasteiger partial charge in [-0.15, -0.1) is 11.8 Å². The number of hydrogen-bond donors (Lipinski definition) is 5. The lowest BCUT2D eigenvalue weighted by atomic mass is 10.0. The molecule has 5 N–H and O–H groups in total. The van der Waals surface area contributed by atoms with E-state index in [1.165, 1.54) is 95.7 Å². The molecular formula is C103H98Cl10F5N5O9S5. The van der Waals surface area contributed by atoms with Gasteiger partial charge in [-0.1, -0.05) is 273 Å². The van der Waals surface area contributed by atoms with Crippen LogP contribution < -0.4 is 21.3 Å². The van der Waals surface area contributed by atoms with E-state index in [0.29, 0.717) is 98.6 Å². The van der Waals surface area contributed by atoms with Crippen LogP contribution >= 0.6 is 163 Å². The molecule has 0 saturated carbocycles. The molecule has 0 radical (unpaired) electrons. The summed E-state index contributed by atoms with van der Waals surface area (Å²) in [5, 5.41) is 24.7. The molecule has 4 amide bonds. The quantitative estimate of drug-likeness (QED) is 0.0105. The molecular weight excluding hydrogens is 2060 g/mol. The number of hydrogen-bond acceptors (Lipinski definition) is 14. The largest absolute Gasteiger partial charge is 0.506 e. The summed E-state index contributed by atoms with van der Waals surface area (Å²) in [7, 11) is -3.39. The number of nitrogens with one attached hydrogen (secondary N) is 4. The molecule has 34 heteroatoms. The number of unbranched alkanes of at least 4 members (excludes halogenated alkanes) is 2. The zero-order valence-corrected chi connectivity index (χ0v) is 86.1. The van der Waals surface area contributed by atoms with E-state index >= 15 is 0 Å². The Kier molecular flexibility index (Phi) is 52.5. The van der Waals surface area contributed by atoms with Crippen LogP contribution in [-0.2, 0) is 49.9 Å². The lowest BCUT2D eigenvalue weighted by molar-refractivity contribution is -0.118. The van der Waals surface area contributed by atoms with E-state index in [-0.39, 0.29) is 96.6 Å². The van der Waals surface area contributed by atoms with Crippen LogP contribution in [-0.4, -0.2) is 110 Å². The molecule has 0 fully saturated rings. The first-order chi connectivity index (χ1) is 65.6. The van der Waals surface area contributed by atoms with E-state index in [0.717, 1.165) is 91.3 Å². The van der Waals surface area contributed by atoms with Gasteiger partial charge >= 0.3 is 0 Å². The van der Waals surface area contributed by atoms with Gasteiger partial charge in [0.15, 0.2) is 21.4 Å². The number of halogens is 15. The van der Waals surface area contributed by atoms with E-state index in [1.54, 1.807) is 114 Å². The Hall–Kier alpha value is -8.77. The van der Waals surface area contributed by atoms with Crippen molar-refractivity contribution >= 4 is 214 Å². The molecule has 0 aliphatic heterocycles. The van der Waals surface area contributed by atoms with Gasteiger partial charge in [-0.05, 0) is 188 Å². The summed E-state index contributed by atoms with van der Waals surface area (Å²) in [6.07, 6.45) is 5.15. The minimum Gasteiger partial charge on any atom is -0.506 e. The number of aryl methyl sites for hydroxylation is 3. The standard InChI is InChI=1S/C19H19F2NO2.C18H17Cl3OS.C17H17ClFNO3S.C17H17ClFNOS.C16H14Cl3NOS.C16H14Cl2FNOS/c20-16-10-5-3-8-14(16)18(23)12-2-1-7-13-22-19(24)15-9-4-6-11-17(15)21;1-12-4-5-13(16(20)9-12)11-23-8-2-3-18(22)15-7-6-14(19)10-17(15)21;1-12-5-7-13(8-6-12)11-24(22,23)10-9-20-17(21)16-14(18)3-2-4-15(16)19;1-12-5-7-13(8-6-12)11-22-10-9-20-17(21)16-14(18)3-2-4-15(16)19;17-13-7-12(16(21)15(19)8-13)9-20-5-6-22-10-11-3-1-2-4-14(11)18;17-13-5-2-1-4-11(13)8-20-16(21)10-22-9-12-14(18)6-3-7-15(12)19/h3-6,8-11H,1-2,7,12-13H2,(H,22,24);4-7,9-10H,2-3,8,11H2,1H3;2-8H,9-11H2,1H3,(H,20,21);2-8H,9-11H2,1H3,(H,20,21);1-4,7-9,21H,5-6,10H2;1-7H,8-10H2,(H,20,21). The fourth-order valence-corrected chi connectivity index (χ4v) is 19.6. The SMILES string of the molecule is Cc1ccc(CS(=O)(=O)CCNC(=O)c2c(F)cccc2Cl)cc1.Cc1ccc(CSCCCC(=O)c2ccc(Cl)cc2Cl)c(Cl)c1.Cc1ccc(CSCCNC(=O)c2c(F)cccc2Cl)cc1.O=C(CCCCCNC(=O)c1ccccc1F)c1ccccc1F.O=C(CSCc1c(F)cccc1Cl)NCc1ccccc1Cl.Oc1c(Cl)cc(Cl)cc1C=NCCSCc1ccccc1Cl. The monoisotopic (exact) mass is 2150 g/mol. The van der Waals surface area contributed by atoms with Crippen LogP contribution in [0.25, 0.3) is 0 Å². The van der Waals surface area contributed by atoms with E-state index in [1.807, 2.05) is 74.5 Å². The van der Waals surface area contributed by atoms with Crippen molar-refractivity contribution in [3.63, 3.8) is 0 Å². The number of phenols is 1. The molecule has 0 saturated heterocycles. The van der Waals surface area contributed by atoms with Crippen LogP contribution in [0.4, 0.5) is 22.0 Å². The zero-order valence-electron chi connectivity index (χ0n) is 74.5. The van der Waals surface area contributed by atoms with Crippen molar-refractivity contribution in [2.24, 2.45) is 4.99 Å². The Labute approximate surface area is 863 Å². The average molecular weight is 2160 g/mol. The highest BCUT2D eigenvalue weighted by Crippen LogP contribution is 2.33. The highest BCUT2D eigenvalue weighted by molar-refractivity contribution is 7.99. The molecule has 14 nitrogen and oxygen atoms in total. The summed E-state index contributed by atoms with van der Waals surface area (Å²) in [6, 6.07) is 69.3. The maximum atomic E-state index is 13.6. The van der Waals surface area contributed by atoms with Gasteiger partial charge in [0.1, 0.15) is 34.8 Å². The normalized spacial score (nSPS) is 10.8. The Bertz CT molecular complexity index is 6020. The second-order valence-corrected chi connectivity index (χ2v) is 40.8. The number of benzene rings is 12. The van der Waals surface area contributed by atoms with Crippen molar-refractivity contribution in [1.82, 2.24) is 21.3 Å². The predicted molar refractivity (Wildman–Crippen MR) is 563 cm³/mol. The van der Waals surface area contributed by atoms with Crippen LogP contribution in [0.2, 0.25) is 50.2 Å². The van der Waals surface area contributed by atoms with Gasteiger partial charge in [-0.25, -0.2) is 30.4 Å². The number of Topliss-reactive ketones (excluding diaryl/α,β-unsaturated/α-hetero) is 2. The van der Waals surface area contributed by atoms with Gasteiger partial charge < -0.3 is 26.4 Å². The van der Waals surface area contributed by atoms with Crippen LogP contribution in [0.15, 0.2) is 254 Å². The number of amides is 4. The Morgan fingerprint density at radius 1 is 0.380 bits per heavy atom. The lowest BCUT2D eigenvalue weighted by Crippen LogP contribution is -2.30. The van der Waals surface area contributed by atoms with Gasteiger partial charge in [0.25, 0.3) is 17.7 Å². The van der Waals surface area contributed by atoms with Crippen LogP contribution in [0.1, 0.15) is 146 Å². The highest BCUT2D eigenvalue weighted by atomic mass is 35.5. The summed E-state index contributed by atoms with van der Waals surface area (Å²) in [6.45, 7) is 7.77. The first-order valence-corrected chi connectivity index (χ1v) is 52.7. The minimum atomic E-state index is -3.39. The molecule has 0 heterocycles. The zero-order chi connectivity index (χ0) is 99.8. The molecule has 0 bridgehead atoms. The molecule has 12 rings (SSSR count). The van der Waals surface area contributed by atoms with Crippen LogP contribution in [0, 0.1) is 49.9 Å². The molecule has 0 aromatic heterocycles. The third-order valence-electron chi connectivity index (χ3n) is 19.4. The highest BCUT2D eigenvalue weighted by Gasteiger charge is 2.21. The number of thioether (sulfide) groups is 4. The number of nitrogens with zero attached hydrogens (tertiary/aromatic N) is 1. The molecule has 137 heavy (non-hydrogen) atoms. The molecule has 0 spiro atoms. The summed E-state index contributed by atoms with van der Waals surface area (Å²) in [4.78, 5) is 75.7. The van der Waals surface area contributed by atoms with E-state index in [2.05, 4.69) is 69.6 Å². The van der Waals surface area contributed by atoms with Crippen molar-refractivity contribution in [3.8, 4) is 5.75 Å². The summed E-state index contributed by atoms with van der Waals surface area (Å²) >= 11 is 66.1. The molecule has 0 unspecified atom stereocenters. The fraction of sp³-hybridized carbons (Fsp3) is 0.233. The molecule has 12 aromatic carbocycles. The molecule has 724 valence electrons. The molecule has 0 atom stereocenters. The second kappa shape index (κ2) is 62.4. The second-order valence-electron chi connectivity index (χ2n) is 30.1. The molecule has 0 aliphatic carbocycles. The third kappa shape index (κ3) is 42.7. The van der Waals surface area contributed by atoms with Crippen molar-refractivity contribution < 1.29 is 64.2 Å². The number of aromatic hydroxyl groups is 1. The van der Waals surface area contributed by atoms with E-state index in [4.69, 9.17) is 116 Å². The number of sulfone groups is 1. The lowest BCUT2D eigenvalue weighted by Gasteiger charge is -2.08. The fourth-order valence-electron chi connectivity index (χ4n) is 12.1. The summed E-state index contributed by atoms with van der Waals surface area (Å²) in [5.41, 5.74) is 9.75. The molecule has 0 aliphatic rings. The number of aliphatic imine (C=N–C) groups is 1. The number of carbonyl (C=O) groups excluding carboxylic acids is 6. The predicted octanol–water partition coefficient (Wildman–Crippen LogP) is 29.0. The number of rotatable bonds is 39. The first kappa shape index (κ1) is 115. The van der Waals surface area contributed by atoms with Crippen molar-refractivity contribution in [2.75, 3.05) is 54.9 Å². The van der Waals surface area contributed by atoms with Crippen LogP contribution in [0.3, 0.4) is 0 Å². The Balaban J connectivity index is 0.000000224. The smallest absolute Gasteiger partial charge is 0.255 e. The maximum absolute atomic E-state index is 13.6. The molecule has 12 aromatic rings. The third-order valence-corrected chi connectivity index (χ3v) is 28.2. The Morgan fingerprint density at radius 3 is 1.47 bits per heavy atom. The van der Waals surface area contributed by atoms with Gasteiger partial charge in [0.05, 0.1) is 59.6 Å². The van der Waals surface area contributed by atoms with Crippen molar-refractivity contribution in [1.29, 1.82) is 0 Å². The van der Waals surface area contributed by atoms with Crippen molar-refractivity contribution in [2.45, 2.75) is 94.6 Å². The van der Waals surface area contributed by atoms with Gasteiger partial charge in [-0.3, -0.25) is 33.8 Å². The Morgan fingerprint density at radius 2 is 0.876 bits per heavy atom. The number of phenolic OH excluding ortho intramolecular Hbond substituents is 1. The van der Waals surface area contributed by atoms with Crippen LogP contribution in [0.5, 0.6) is 5.75 Å². The van der Waals surface area contributed by atoms with E-state index in [9.17, 15) is 64.2 Å². The number of carbonyl (C=O) groups is 6. The van der Waals surface area contributed by atoms with Gasteiger partial charge in [0, 0.05) is 133 Å². The summed E-state index contributed by atoms with van der Waals surface area (Å²) in [5.74, 6) is 0.654. The summed E-state index contributed by atoms with van der Waals surface area (Å²) < 4.78 is 91.8. The van der Waals surface area contributed by atoms with E-state index < -0.39 is 50.8 Å². The minimum absolute atomic E-state index is 0.00135. The van der Waals surface area contributed by atoms with Gasteiger partial charge in [0.2, 0.25) is 5.91 Å². The number of ketones is 2. The van der Waals surface area contributed by atoms with Crippen molar-refractivity contribution in [3.05, 3.63) is 411 Å². The maximum Gasteiger partial charge on any atom is 0.255 e.